The molecule has 5 nitrogen and oxygen atoms in total. The molecule has 1 N–H and O–H groups in total. The van der Waals surface area contributed by atoms with Crippen molar-refractivity contribution >= 4 is 17.5 Å². The molecule has 1 aromatic heterocycles. The highest BCUT2D eigenvalue weighted by atomic mass is 19.4. The number of alkyl halides is 3. The molecule has 1 saturated carbocycles. The molecule has 2 aliphatic rings. The van der Waals surface area contributed by atoms with Gasteiger partial charge in [0.2, 0.25) is 5.91 Å². The Morgan fingerprint density at radius 1 is 1.24 bits per heavy atom. The number of rotatable bonds is 3. The van der Waals surface area contributed by atoms with Crippen LogP contribution in [0, 0.1) is 0 Å². The van der Waals surface area contributed by atoms with Gasteiger partial charge in [-0.25, -0.2) is 4.98 Å². The summed E-state index contributed by atoms with van der Waals surface area (Å²) in [6.45, 7) is 0. The molecule has 0 spiro atoms. The fourth-order valence-electron chi connectivity index (χ4n) is 2.33. The number of nitrogens with one attached hydrogen (secondary N) is 1. The number of likely N-dealkylation sites (tertiary alicyclic amines) is 1. The Kier molecular flexibility index (Phi) is 3.11. The molecule has 8 heteroatoms. The largest absolute Gasteiger partial charge is 0.433 e. The van der Waals surface area contributed by atoms with Crippen molar-refractivity contribution in [3.63, 3.8) is 0 Å². The Bertz CT molecular complexity index is 581. The predicted octanol–water partition coefficient (Wildman–Crippen LogP) is 1.80. The fraction of sp³-hybridized carbons (Fsp3) is 0.462. The van der Waals surface area contributed by atoms with Gasteiger partial charge >= 0.3 is 6.18 Å². The van der Waals surface area contributed by atoms with Crippen molar-refractivity contribution in [3.05, 3.63) is 24.0 Å². The molecule has 2 fully saturated rings. The average molecular weight is 299 g/mol. The van der Waals surface area contributed by atoms with Crippen molar-refractivity contribution in [1.29, 1.82) is 0 Å². The van der Waals surface area contributed by atoms with Crippen molar-refractivity contribution in [2.24, 2.45) is 0 Å². The van der Waals surface area contributed by atoms with E-state index in [0.29, 0.717) is 0 Å². The highest BCUT2D eigenvalue weighted by Crippen LogP contribution is 2.32. The zero-order valence-corrected chi connectivity index (χ0v) is 10.9. The number of imide groups is 1. The van der Waals surface area contributed by atoms with Gasteiger partial charge in [0.05, 0.1) is 18.3 Å². The molecular weight excluding hydrogens is 287 g/mol. The molecule has 1 unspecified atom stereocenters. The van der Waals surface area contributed by atoms with Crippen molar-refractivity contribution in [2.45, 2.75) is 37.5 Å². The van der Waals surface area contributed by atoms with Crippen LogP contribution in [-0.2, 0) is 15.8 Å². The second-order valence-corrected chi connectivity index (χ2v) is 5.16. The highest BCUT2D eigenvalue weighted by Gasteiger charge is 2.46. The van der Waals surface area contributed by atoms with Gasteiger partial charge in [-0.05, 0) is 25.0 Å². The van der Waals surface area contributed by atoms with E-state index in [9.17, 15) is 22.8 Å². The molecule has 1 saturated heterocycles. The van der Waals surface area contributed by atoms with Crippen LogP contribution in [0.1, 0.15) is 25.0 Å². The van der Waals surface area contributed by atoms with E-state index in [1.807, 2.05) is 0 Å². The van der Waals surface area contributed by atoms with Gasteiger partial charge in [0, 0.05) is 6.04 Å². The van der Waals surface area contributed by atoms with Crippen molar-refractivity contribution in [2.75, 3.05) is 5.32 Å². The topological polar surface area (TPSA) is 62.3 Å². The third kappa shape index (κ3) is 2.70. The Balaban J connectivity index is 1.69. The predicted molar refractivity (Wildman–Crippen MR) is 66.1 cm³/mol. The van der Waals surface area contributed by atoms with E-state index in [0.717, 1.165) is 25.1 Å². The fourth-order valence-corrected chi connectivity index (χ4v) is 2.33. The average Bonchev–Trinajstić information content (AvgIpc) is 3.18. The SMILES string of the molecule is O=C1CC(Nc2ccc(C(F)(F)F)nc2)C(=O)N1C1CC1. The minimum atomic E-state index is -4.50. The molecule has 1 aromatic rings. The first-order valence-electron chi connectivity index (χ1n) is 6.52. The van der Waals surface area contributed by atoms with Crippen LogP contribution in [-0.4, -0.2) is 33.8 Å². The summed E-state index contributed by atoms with van der Waals surface area (Å²) in [7, 11) is 0. The van der Waals surface area contributed by atoms with Crippen LogP contribution < -0.4 is 5.32 Å². The lowest BCUT2D eigenvalue weighted by Gasteiger charge is -2.15. The molecule has 2 heterocycles. The Morgan fingerprint density at radius 2 is 1.95 bits per heavy atom. The number of carbonyl (C=O) groups excluding carboxylic acids is 2. The maximum Gasteiger partial charge on any atom is 0.433 e. The van der Waals surface area contributed by atoms with Crippen LogP contribution in [0.25, 0.3) is 0 Å². The number of hydrogen-bond donors (Lipinski definition) is 1. The van der Waals surface area contributed by atoms with Crippen LogP contribution in [0.2, 0.25) is 0 Å². The number of hydrogen-bond acceptors (Lipinski definition) is 4. The number of halogens is 3. The summed E-state index contributed by atoms with van der Waals surface area (Å²) in [4.78, 5) is 28.4. The monoisotopic (exact) mass is 299 g/mol. The van der Waals surface area contributed by atoms with Gasteiger partial charge in [0.15, 0.2) is 0 Å². The summed E-state index contributed by atoms with van der Waals surface area (Å²) < 4.78 is 37.2. The molecule has 2 amide bonds. The van der Waals surface area contributed by atoms with Gasteiger partial charge in [-0.15, -0.1) is 0 Å². The van der Waals surface area contributed by atoms with E-state index >= 15 is 0 Å². The zero-order valence-electron chi connectivity index (χ0n) is 10.9. The molecule has 0 bridgehead atoms. The summed E-state index contributed by atoms with van der Waals surface area (Å²) in [5.74, 6) is -0.553. The Morgan fingerprint density at radius 3 is 2.48 bits per heavy atom. The van der Waals surface area contributed by atoms with Crippen LogP contribution in [0.15, 0.2) is 18.3 Å². The maximum absolute atomic E-state index is 12.4. The zero-order chi connectivity index (χ0) is 15.2. The van der Waals surface area contributed by atoms with Gasteiger partial charge in [0.1, 0.15) is 11.7 Å². The van der Waals surface area contributed by atoms with Crippen LogP contribution in [0.4, 0.5) is 18.9 Å². The van der Waals surface area contributed by atoms with Crippen molar-refractivity contribution in [3.8, 4) is 0 Å². The Labute approximate surface area is 118 Å². The van der Waals surface area contributed by atoms with Gasteiger partial charge < -0.3 is 5.32 Å². The van der Waals surface area contributed by atoms with E-state index in [2.05, 4.69) is 10.3 Å². The first-order chi connectivity index (χ1) is 9.86. The molecule has 112 valence electrons. The van der Waals surface area contributed by atoms with E-state index < -0.39 is 17.9 Å². The first kappa shape index (κ1) is 13.8. The minimum Gasteiger partial charge on any atom is -0.372 e. The second-order valence-electron chi connectivity index (χ2n) is 5.16. The van der Waals surface area contributed by atoms with Gasteiger partial charge in [0.25, 0.3) is 5.91 Å². The maximum atomic E-state index is 12.4. The number of anilines is 1. The van der Waals surface area contributed by atoms with E-state index in [4.69, 9.17) is 0 Å². The smallest absolute Gasteiger partial charge is 0.372 e. The van der Waals surface area contributed by atoms with Crippen LogP contribution >= 0.6 is 0 Å². The highest BCUT2D eigenvalue weighted by molar-refractivity contribution is 6.07. The molecule has 21 heavy (non-hydrogen) atoms. The summed E-state index contributed by atoms with van der Waals surface area (Å²) in [6, 6.07) is 1.31. The lowest BCUT2D eigenvalue weighted by atomic mass is 10.2. The van der Waals surface area contributed by atoms with Crippen molar-refractivity contribution in [1.82, 2.24) is 9.88 Å². The Hall–Kier alpha value is -2.12. The second kappa shape index (κ2) is 4.71. The molecule has 1 aliphatic heterocycles. The molecular formula is C13H12F3N3O2. The standard InChI is InChI=1S/C13H12F3N3O2/c14-13(15,16)10-4-1-7(6-17-10)18-9-5-11(20)19(12(9)21)8-2-3-8/h1,4,6,8-9,18H,2-3,5H2. The number of amides is 2. The molecule has 3 rings (SSSR count). The van der Waals surface area contributed by atoms with E-state index in [-0.39, 0.29) is 30.0 Å². The van der Waals surface area contributed by atoms with Crippen molar-refractivity contribution < 1.29 is 22.8 Å². The number of nitrogens with zero attached hydrogens (tertiary/aromatic N) is 2. The minimum absolute atomic E-state index is 0.00234. The number of carbonyl (C=O) groups is 2. The summed E-state index contributed by atoms with van der Waals surface area (Å²) >= 11 is 0. The quantitative estimate of drug-likeness (QED) is 0.865. The van der Waals surface area contributed by atoms with Crippen LogP contribution in [0.5, 0.6) is 0 Å². The lowest BCUT2D eigenvalue weighted by Crippen LogP contribution is -2.36. The molecule has 0 aromatic carbocycles. The summed E-state index contributed by atoms with van der Waals surface area (Å²) in [6.07, 6.45) is -1.81. The van der Waals surface area contributed by atoms with Crippen LogP contribution in [0.3, 0.4) is 0 Å². The summed E-state index contributed by atoms with van der Waals surface area (Å²) in [5, 5.41) is 2.77. The van der Waals surface area contributed by atoms with Gasteiger partial charge in [-0.3, -0.25) is 14.5 Å². The molecule has 1 atom stereocenters. The lowest BCUT2D eigenvalue weighted by molar-refractivity contribution is -0.141. The normalized spacial score (nSPS) is 22.8. The summed E-state index contributed by atoms with van der Waals surface area (Å²) in [5.41, 5.74) is -0.715. The number of pyridine rings is 1. The third-order valence-corrected chi connectivity index (χ3v) is 3.49. The molecule has 0 radical (unpaired) electrons. The third-order valence-electron chi connectivity index (χ3n) is 3.49. The molecule has 1 aliphatic carbocycles. The van der Waals surface area contributed by atoms with E-state index in [1.54, 1.807) is 0 Å². The first-order valence-corrected chi connectivity index (χ1v) is 6.52. The van der Waals surface area contributed by atoms with Gasteiger partial charge in [-0.1, -0.05) is 0 Å². The van der Waals surface area contributed by atoms with E-state index in [1.165, 1.54) is 11.0 Å². The number of aromatic nitrogens is 1. The van der Waals surface area contributed by atoms with Gasteiger partial charge in [-0.2, -0.15) is 13.2 Å².